The van der Waals surface area contributed by atoms with Gasteiger partial charge < -0.3 is 20.8 Å². The predicted octanol–water partition coefficient (Wildman–Crippen LogP) is 1.21. The van der Waals surface area contributed by atoms with E-state index in [9.17, 15) is 14.7 Å². The number of hydrogen-bond donors (Lipinski definition) is 4. The number of urea groups is 1. The number of rotatable bonds is 5. The predicted molar refractivity (Wildman–Crippen MR) is 71.1 cm³/mol. The van der Waals surface area contributed by atoms with Gasteiger partial charge in [0.25, 0.3) is 0 Å². The van der Waals surface area contributed by atoms with Gasteiger partial charge in [0, 0.05) is 5.69 Å². The van der Waals surface area contributed by atoms with E-state index in [2.05, 4.69) is 10.6 Å². The molecular weight excluding hydrogens is 248 g/mol. The van der Waals surface area contributed by atoms with Crippen molar-refractivity contribution in [1.82, 2.24) is 5.32 Å². The Kier molecular flexibility index (Phi) is 4.88. The van der Waals surface area contributed by atoms with Crippen LogP contribution < -0.4 is 10.6 Å². The molecule has 0 aliphatic carbocycles. The first-order valence-corrected chi connectivity index (χ1v) is 5.94. The van der Waals surface area contributed by atoms with Crippen molar-refractivity contribution in [2.75, 3.05) is 11.9 Å². The van der Waals surface area contributed by atoms with Gasteiger partial charge in [-0.3, -0.25) is 0 Å². The smallest absolute Gasteiger partial charge is 0.337 e. The van der Waals surface area contributed by atoms with E-state index in [0.29, 0.717) is 5.69 Å². The molecule has 0 aliphatic heterocycles. The average molecular weight is 266 g/mol. The fraction of sp³-hybridized carbons (Fsp3) is 0.385. The van der Waals surface area contributed by atoms with Crippen LogP contribution in [0.4, 0.5) is 10.5 Å². The van der Waals surface area contributed by atoms with Crippen LogP contribution in [0.1, 0.15) is 19.4 Å². The lowest BCUT2D eigenvalue weighted by molar-refractivity contribution is -0.155. The Morgan fingerprint density at radius 2 is 2.05 bits per heavy atom. The highest BCUT2D eigenvalue weighted by atomic mass is 16.4. The van der Waals surface area contributed by atoms with Gasteiger partial charge in [0.15, 0.2) is 5.60 Å². The number of hydrogen-bond acceptors (Lipinski definition) is 3. The van der Waals surface area contributed by atoms with Gasteiger partial charge in [-0.15, -0.1) is 0 Å². The summed E-state index contributed by atoms with van der Waals surface area (Å²) >= 11 is 0. The summed E-state index contributed by atoms with van der Waals surface area (Å²) in [7, 11) is 0. The zero-order valence-electron chi connectivity index (χ0n) is 10.9. The Labute approximate surface area is 111 Å². The number of benzene rings is 1. The van der Waals surface area contributed by atoms with Gasteiger partial charge in [0.05, 0.1) is 6.54 Å². The van der Waals surface area contributed by atoms with E-state index in [4.69, 9.17) is 5.11 Å². The van der Waals surface area contributed by atoms with Crippen LogP contribution >= 0.6 is 0 Å². The minimum atomic E-state index is -1.98. The molecule has 0 aromatic heterocycles. The molecule has 0 heterocycles. The second-order valence-electron chi connectivity index (χ2n) is 4.44. The Morgan fingerprint density at radius 3 is 2.63 bits per heavy atom. The summed E-state index contributed by atoms with van der Waals surface area (Å²) in [6.45, 7) is 2.75. The van der Waals surface area contributed by atoms with Gasteiger partial charge in [-0.1, -0.05) is 19.1 Å². The van der Waals surface area contributed by atoms with Crippen molar-refractivity contribution in [1.29, 1.82) is 0 Å². The highest BCUT2D eigenvalue weighted by molar-refractivity contribution is 5.90. The average Bonchev–Trinajstić information content (AvgIpc) is 2.36. The van der Waals surface area contributed by atoms with Crippen molar-refractivity contribution in [3.05, 3.63) is 29.8 Å². The first-order chi connectivity index (χ1) is 8.85. The number of nitrogens with one attached hydrogen (secondary N) is 2. The number of carboxylic acid groups (broad SMARTS) is 1. The van der Waals surface area contributed by atoms with Gasteiger partial charge in [0.2, 0.25) is 0 Å². The zero-order valence-corrected chi connectivity index (χ0v) is 10.9. The van der Waals surface area contributed by atoms with Gasteiger partial charge >= 0.3 is 12.0 Å². The molecule has 0 saturated carbocycles. The molecule has 0 aliphatic rings. The third kappa shape index (κ3) is 4.59. The van der Waals surface area contributed by atoms with Gasteiger partial charge in [-0.25, -0.2) is 9.59 Å². The summed E-state index contributed by atoms with van der Waals surface area (Å²) in [6.07, 6.45) is 0.852. The minimum absolute atomic E-state index is 0.373. The molecule has 6 heteroatoms. The van der Waals surface area contributed by atoms with E-state index < -0.39 is 17.6 Å². The highest BCUT2D eigenvalue weighted by Crippen LogP contribution is 2.11. The van der Waals surface area contributed by atoms with Gasteiger partial charge in [-0.2, -0.15) is 0 Å². The molecule has 2 amide bonds. The number of aliphatic hydroxyl groups is 1. The maximum Gasteiger partial charge on any atom is 0.337 e. The Balaban J connectivity index is 2.54. The summed E-state index contributed by atoms with van der Waals surface area (Å²) in [4.78, 5) is 22.2. The van der Waals surface area contributed by atoms with Gasteiger partial charge in [0.1, 0.15) is 0 Å². The molecule has 1 aromatic rings. The number of amides is 2. The Morgan fingerprint density at radius 1 is 1.37 bits per heavy atom. The SMILES string of the molecule is CCc1cccc(NC(=O)NCC(C)(O)C(=O)O)c1. The van der Waals surface area contributed by atoms with Crippen molar-refractivity contribution in [2.45, 2.75) is 25.9 Å². The number of carbonyl (C=O) groups excluding carboxylic acids is 1. The van der Waals surface area contributed by atoms with Crippen molar-refractivity contribution in [3.8, 4) is 0 Å². The van der Waals surface area contributed by atoms with E-state index >= 15 is 0 Å². The third-order valence-electron chi connectivity index (χ3n) is 2.65. The Hall–Kier alpha value is -2.08. The largest absolute Gasteiger partial charge is 0.479 e. The molecule has 0 radical (unpaired) electrons. The molecule has 1 aromatic carbocycles. The van der Waals surface area contributed by atoms with Crippen molar-refractivity contribution < 1.29 is 19.8 Å². The first-order valence-electron chi connectivity index (χ1n) is 5.94. The molecule has 1 atom stereocenters. The summed E-state index contributed by atoms with van der Waals surface area (Å²) in [5.74, 6) is -1.39. The van der Waals surface area contributed by atoms with Crippen LogP contribution in [0.5, 0.6) is 0 Å². The molecule has 0 bridgehead atoms. The van der Waals surface area contributed by atoms with E-state index in [0.717, 1.165) is 18.9 Å². The first kappa shape index (κ1) is 15.0. The molecular formula is C13H18N2O4. The van der Waals surface area contributed by atoms with E-state index in [1.54, 1.807) is 6.07 Å². The third-order valence-corrected chi connectivity index (χ3v) is 2.65. The summed E-state index contributed by atoms with van der Waals surface area (Å²) in [5, 5.41) is 23.0. The molecule has 0 fully saturated rings. The topological polar surface area (TPSA) is 98.7 Å². The van der Waals surface area contributed by atoms with E-state index in [-0.39, 0.29) is 6.54 Å². The van der Waals surface area contributed by atoms with Crippen LogP contribution in [0.2, 0.25) is 0 Å². The van der Waals surface area contributed by atoms with E-state index in [1.807, 2.05) is 25.1 Å². The number of anilines is 1. The second-order valence-corrected chi connectivity index (χ2v) is 4.44. The number of carbonyl (C=O) groups is 2. The number of aliphatic carboxylic acids is 1. The minimum Gasteiger partial charge on any atom is -0.479 e. The van der Waals surface area contributed by atoms with Crippen molar-refractivity contribution in [2.24, 2.45) is 0 Å². The standard InChI is InChI=1S/C13H18N2O4/c1-3-9-5-4-6-10(7-9)15-12(18)14-8-13(2,19)11(16)17/h4-7,19H,3,8H2,1-2H3,(H,16,17)(H2,14,15,18). The normalized spacial score (nSPS) is 13.4. The maximum atomic E-state index is 11.6. The Bertz CT molecular complexity index is 471. The highest BCUT2D eigenvalue weighted by Gasteiger charge is 2.30. The number of aryl methyl sites for hydroxylation is 1. The molecule has 4 N–H and O–H groups in total. The lowest BCUT2D eigenvalue weighted by atomic mass is 10.1. The van der Waals surface area contributed by atoms with E-state index in [1.165, 1.54) is 0 Å². The van der Waals surface area contributed by atoms with Gasteiger partial charge in [-0.05, 0) is 31.0 Å². The molecule has 1 unspecified atom stereocenters. The fourth-order valence-electron chi connectivity index (χ4n) is 1.37. The summed E-state index contributed by atoms with van der Waals surface area (Å²) in [5.41, 5.74) is -0.287. The van der Waals surface area contributed by atoms with Crippen LogP contribution in [0.3, 0.4) is 0 Å². The summed E-state index contributed by atoms with van der Waals surface area (Å²) in [6, 6.07) is 6.76. The maximum absolute atomic E-state index is 11.6. The number of carboxylic acids is 1. The van der Waals surface area contributed by atoms with Crippen molar-refractivity contribution >= 4 is 17.7 Å². The van der Waals surface area contributed by atoms with Crippen LogP contribution in [-0.4, -0.2) is 34.4 Å². The molecule has 1 rings (SSSR count). The molecule has 0 saturated heterocycles. The van der Waals surface area contributed by atoms with Crippen LogP contribution in [-0.2, 0) is 11.2 Å². The lowest BCUT2D eigenvalue weighted by Gasteiger charge is -2.18. The molecule has 0 spiro atoms. The van der Waals surface area contributed by atoms with Crippen molar-refractivity contribution in [3.63, 3.8) is 0 Å². The summed E-state index contributed by atoms with van der Waals surface area (Å²) < 4.78 is 0. The van der Waals surface area contributed by atoms with Crippen LogP contribution in [0, 0.1) is 0 Å². The fourth-order valence-corrected chi connectivity index (χ4v) is 1.37. The zero-order chi connectivity index (χ0) is 14.5. The monoisotopic (exact) mass is 266 g/mol. The molecule has 104 valence electrons. The van der Waals surface area contributed by atoms with Crippen LogP contribution in [0.25, 0.3) is 0 Å². The second kappa shape index (κ2) is 6.19. The quantitative estimate of drug-likeness (QED) is 0.643. The molecule has 6 nitrogen and oxygen atoms in total. The lowest BCUT2D eigenvalue weighted by Crippen LogP contribution is -2.47. The molecule has 19 heavy (non-hydrogen) atoms. The van der Waals surface area contributed by atoms with Crippen LogP contribution in [0.15, 0.2) is 24.3 Å².